The van der Waals surface area contributed by atoms with E-state index in [9.17, 15) is 9.90 Å². The van der Waals surface area contributed by atoms with Crippen molar-refractivity contribution in [2.45, 2.75) is 119 Å². The normalized spacial score (nSPS) is 45.2. The highest BCUT2D eigenvalue weighted by molar-refractivity contribution is 5.76. The van der Waals surface area contributed by atoms with Crippen LogP contribution < -0.4 is 0 Å². The molecule has 3 fully saturated rings. The van der Waals surface area contributed by atoms with Crippen molar-refractivity contribution in [2.24, 2.45) is 50.2 Å². The molecule has 0 amide bonds. The van der Waals surface area contributed by atoms with Gasteiger partial charge in [-0.2, -0.15) is 0 Å². The Hall–Kier alpha value is -2.03. The lowest BCUT2D eigenvalue weighted by Crippen LogP contribution is -2.64. The first-order valence-electron chi connectivity index (χ1n) is 17.0. The average molecular weight is 571 g/mol. The van der Waals surface area contributed by atoms with E-state index in [0.29, 0.717) is 17.8 Å². The van der Waals surface area contributed by atoms with Crippen molar-refractivity contribution >= 4 is 5.97 Å². The summed E-state index contributed by atoms with van der Waals surface area (Å²) in [4.78, 5) is 13.0. The maximum Gasteiger partial charge on any atom is 0.310 e. The predicted octanol–water partition coefficient (Wildman–Crippen LogP) is 9.94. The minimum atomic E-state index is -0.567. The summed E-state index contributed by atoms with van der Waals surface area (Å²) in [5.74, 6) is 2.60. The standard InChI is InChI=1S/C39H54O3/c1-34(2)17-19-39(33(40)41)20-18-37(6)27(29(39)22-34)13-14-32-36(5)23-30-28(35(3,4)31(36)15-16-38(32,37)7)21-26(24-42-30)25-11-9-8-10-12-25/h8-13,26,29,31-32H,14-24H2,1-7H3,(H,40,41)/t26?,29-,31?,32+,36-,37+,38+,39-/m0/s1. The van der Waals surface area contributed by atoms with Crippen LogP contribution in [0.25, 0.3) is 0 Å². The zero-order chi connectivity index (χ0) is 29.9. The van der Waals surface area contributed by atoms with Gasteiger partial charge in [-0.1, -0.05) is 90.4 Å². The molecule has 8 atom stereocenters. The Bertz CT molecular complexity index is 1350. The van der Waals surface area contributed by atoms with Gasteiger partial charge in [0, 0.05) is 12.3 Å². The molecule has 1 aromatic carbocycles. The number of ether oxygens (including phenoxy) is 1. The molecule has 1 N–H and O–H groups in total. The van der Waals surface area contributed by atoms with E-state index in [1.54, 1.807) is 5.57 Å². The fraction of sp³-hybridized carbons (Fsp3) is 0.718. The summed E-state index contributed by atoms with van der Waals surface area (Å²) in [5, 5.41) is 10.7. The van der Waals surface area contributed by atoms with Crippen LogP contribution in [0.15, 0.2) is 53.3 Å². The van der Waals surface area contributed by atoms with Crippen molar-refractivity contribution in [3.63, 3.8) is 0 Å². The molecule has 2 unspecified atom stereocenters. The second-order valence-corrected chi connectivity index (χ2v) is 17.6. The van der Waals surface area contributed by atoms with Crippen molar-refractivity contribution in [1.29, 1.82) is 0 Å². The molecule has 0 bridgehead atoms. The van der Waals surface area contributed by atoms with E-state index < -0.39 is 11.4 Å². The molecule has 3 nitrogen and oxygen atoms in total. The van der Waals surface area contributed by atoms with Gasteiger partial charge in [-0.05, 0) is 114 Å². The minimum absolute atomic E-state index is 0.0611. The molecule has 228 valence electrons. The van der Waals surface area contributed by atoms with Crippen molar-refractivity contribution in [3.8, 4) is 0 Å². The molecule has 1 heterocycles. The van der Waals surface area contributed by atoms with E-state index >= 15 is 0 Å². The van der Waals surface area contributed by atoms with E-state index in [-0.39, 0.29) is 33.0 Å². The second-order valence-electron chi connectivity index (χ2n) is 17.6. The summed E-state index contributed by atoms with van der Waals surface area (Å²) >= 11 is 0. The van der Waals surface area contributed by atoms with Gasteiger partial charge in [-0.3, -0.25) is 4.79 Å². The Morgan fingerprint density at radius 3 is 2.33 bits per heavy atom. The number of hydrogen-bond acceptors (Lipinski definition) is 2. The molecule has 3 heteroatoms. The topological polar surface area (TPSA) is 46.5 Å². The lowest BCUT2D eigenvalue weighted by atomic mass is 9.33. The molecule has 42 heavy (non-hydrogen) atoms. The highest BCUT2D eigenvalue weighted by atomic mass is 16.5. The Morgan fingerprint density at radius 1 is 0.905 bits per heavy atom. The Labute approximate surface area is 254 Å². The Morgan fingerprint density at radius 2 is 1.62 bits per heavy atom. The summed E-state index contributed by atoms with van der Waals surface area (Å²) in [7, 11) is 0. The van der Waals surface area contributed by atoms with Gasteiger partial charge >= 0.3 is 5.97 Å². The number of aliphatic carboxylic acids is 1. The summed E-state index contributed by atoms with van der Waals surface area (Å²) < 4.78 is 6.78. The van der Waals surface area contributed by atoms with Crippen molar-refractivity contribution in [2.75, 3.05) is 6.61 Å². The van der Waals surface area contributed by atoms with Gasteiger partial charge < -0.3 is 9.84 Å². The molecule has 0 spiro atoms. The third-order valence-electron chi connectivity index (χ3n) is 15.0. The molecule has 1 aromatic rings. The van der Waals surface area contributed by atoms with Crippen LogP contribution in [0.4, 0.5) is 0 Å². The molecular weight excluding hydrogens is 516 g/mol. The molecule has 1 aliphatic heterocycles. The fourth-order valence-corrected chi connectivity index (χ4v) is 12.4. The van der Waals surface area contributed by atoms with Crippen molar-refractivity contribution in [1.82, 2.24) is 0 Å². The van der Waals surface area contributed by atoms with E-state index in [4.69, 9.17) is 4.74 Å². The van der Waals surface area contributed by atoms with Crippen LogP contribution >= 0.6 is 0 Å². The average Bonchev–Trinajstić information content (AvgIpc) is 2.93. The summed E-state index contributed by atoms with van der Waals surface area (Å²) in [5.41, 5.74) is 4.67. The van der Waals surface area contributed by atoms with Gasteiger partial charge in [-0.15, -0.1) is 0 Å². The third kappa shape index (κ3) is 3.67. The fourth-order valence-electron chi connectivity index (χ4n) is 12.4. The first-order chi connectivity index (χ1) is 19.7. The highest BCUT2D eigenvalue weighted by Gasteiger charge is 2.69. The lowest BCUT2D eigenvalue weighted by molar-refractivity contribution is -0.182. The number of carboxylic acids is 1. The molecule has 0 aromatic heterocycles. The van der Waals surface area contributed by atoms with Gasteiger partial charge in [0.05, 0.1) is 17.8 Å². The predicted molar refractivity (Wildman–Crippen MR) is 169 cm³/mol. The SMILES string of the molecule is CC1(C)CC[C@]2(C(=O)O)CC[C@]3(C)C(=CC[C@@H]4[C@@]5(C)CC6=C(CC(c7ccccc7)CO6)C(C)(C)C5CC[C@]43C)[C@@H]2C1. The van der Waals surface area contributed by atoms with E-state index in [2.05, 4.69) is 84.9 Å². The monoisotopic (exact) mass is 570 g/mol. The van der Waals surface area contributed by atoms with Gasteiger partial charge in [-0.25, -0.2) is 0 Å². The van der Waals surface area contributed by atoms with Crippen molar-refractivity contribution in [3.05, 3.63) is 58.9 Å². The number of rotatable bonds is 2. The number of benzene rings is 1. The minimum Gasteiger partial charge on any atom is -0.497 e. The summed E-state index contributed by atoms with van der Waals surface area (Å²) in [6.45, 7) is 18.4. The van der Waals surface area contributed by atoms with Crippen LogP contribution in [0.3, 0.4) is 0 Å². The van der Waals surface area contributed by atoms with Crippen LogP contribution in [-0.4, -0.2) is 17.7 Å². The van der Waals surface area contributed by atoms with Crippen LogP contribution in [0, 0.1) is 50.2 Å². The quantitative estimate of drug-likeness (QED) is 0.360. The largest absolute Gasteiger partial charge is 0.497 e. The molecule has 3 saturated carbocycles. The van der Waals surface area contributed by atoms with E-state index in [1.807, 2.05) is 0 Å². The molecular formula is C39H54O3. The Kier molecular flexibility index (Phi) is 6.16. The maximum absolute atomic E-state index is 13.0. The van der Waals surface area contributed by atoms with Crippen LogP contribution in [0.1, 0.15) is 124 Å². The number of carboxylic acid groups (broad SMARTS) is 1. The van der Waals surface area contributed by atoms with Crippen molar-refractivity contribution < 1.29 is 14.6 Å². The zero-order valence-electron chi connectivity index (χ0n) is 27.3. The lowest BCUT2D eigenvalue weighted by Gasteiger charge is -2.71. The maximum atomic E-state index is 13.0. The number of hydrogen-bond donors (Lipinski definition) is 1. The van der Waals surface area contributed by atoms with Crippen LogP contribution in [-0.2, 0) is 9.53 Å². The highest BCUT2D eigenvalue weighted by Crippen LogP contribution is 2.76. The summed E-state index contributed by atoms with van der Waals surface area (Å²) in [6.07, 6.45) is 13.1. The first-order valence-corrected chi connectivity index (χ1v) is 17.0. The smallest absolute Gasteiger partial charge is 0.310 e. The van der Waals surface area contributed by atoms with E-state index in [1.165, 1.54) is 29.7 Å². The van der Waals surface area contributed by atoms with Gasteiger partial charge in [0.25, 0.3) is 0 Å². The number of carbonyl (C=O) groups is 1. The molecule has 0 radical (unpaired) electrons. The van der Waals surface area contributed by atoms with E-state index in [0.717, 1.165) is 58.0 Å². The molecule has 5 aliphatic carbocycles. The number of allylic oxidation sites excluding steroid dienone is 4. The third-order valence-corrected chi connectivity index (χ3v) is 15.0. The Balaban J connectivity index is 1.27. The van der Waals surface area contributed by atoms with Crippen LogP contribution in [0.5, 0.6) is 0 Å². The molecule has 6 aliphatic rings. The van der Waals surface area contributed by atoms with Gasteiger partial charge in [0.2, 0.25) is 0 Å². The molecule has 7 rings (SSSR count). The number of fused-ring (bicyclic) bond motifs is 7. The second kappa shape index (κ2) is 9.01. The van der Waals surface area contributed by atoms with Crippen LogP contribution in [0.2, 0.25) is 0 Å². The van der Waals surface area contributed by atoms with Gasteiger partial charge in [0.15, 0.2) is 0 Å². The first kappa shape index (κ1) is 28.7. The molecule has 0 saturated heterocycles. The summed E-state index contributed by atoms with van der Waals surface area (Å²) in [6, 6.07) is 11.0. The zero-order valence-corrected chi connectivity index (χ0v) is 27.3. The van der Waals surface area contributed by atoms with Gasteiger partial charge in [0.1, 0.15) is 0 Å².